The van der Waals surface area contributed by atoms with Crippen molar-refractivity contribution in [3.8, 4) is 0 Å². The van der Waals surface area contributed by atoms with Gasteiger partial charge in [-0.15, -0.1) is 0 Å². The predicted molar refractivity (Wildman–Crippen MR) is 83.3 cm³/mol. The fraction of sp³-hybridized carbons (Fsp3) is 0.357. The molecule has 1 unspecified atom stereocenters. The number of halogens is 2. The maximum Gasteiger partial charge on any atom is 0.123 e. The van der Waals surface area contributed by atoms with Gasteiger partial charge in [0.1, 0.15) is 6.10 Å². The smallest absolute Gasteiger partial charge is 0.123 e. The molecule has 0 aliphatic heterocycles. The molecule has 5 heteroatoms. The van der Waals surface area contributed by atoms with Gasteiger partial charge >= 0.3 is 0 Å². The number of nitrogens with zero attached hydrogens (tertiary/aromatic N) is 2. The van der Waals surface area contributed by atoms with Crippen LogP contribution in [0.3, 0.4) is 0 Å². The van der Waals surface area contributed by atoms with E-state index in [1.165, 1.54) is 0 Å². The van der Waals surface area contributed by atoms with Crippen molar-refractivity contribution < 1.29 is 5.11 Å². The van der Waals surface area contributed by atoms with Gasteiger partial charge < -0.3 is 5.11 Å². The number of benzene rings is 1. The molecule has 0 bridgehead atoms. The lowest BCUT2D eigenvalue weighted by Crippen LogP contribution is -2.13. The van der Waals surface area contributed by atoms with Crippen LogP contribution in [0.1, 0.15) is 42.8 Å². The first kappa shape index (κ1) is 14.8. The lowest BCUT2D eigenvalue weighted by atomic mass is 10.0. The van der Waals surface area contributed by atoms with Crippen LogP contribution < -0.4 is 0 Å². The van der Waals surface area contributed by atoms with Crippen LogP contribution >= 0.6 is 31.9 Å². The molecule has 19 heavy (non-hydrogen) atoms. The Morgan fingerprint density at radius 1 is 1.21 bits per heavy atom. The monoisotopic (exact) mass is 386 g/mol. The molecule has 0 spiro atoms. The van der Waals surface area contributed by atoms with Crippen molar-refractivity contribution in [3.63, 3.8) is 0 Å². The fourth-order valence-electron chi connectivity index (χ4n) is 2.04. The number of hydrogen-bond acceptors (Lipinski definition) is 2. The average molecular weight is 388 g/mol. The van der Waals surface area contributed by atoms with Crippen LogP contribution in [0, 0.1) is 6.92 Å². The van der Waals surface area contributed by atoms with Crippen molar-refractivity contribution in [1.82, 2.24) is 9.78 Å². The highest BCUT2D eigenvalue weighted by molar-refractivity contribution is 9.10. The third-order valence-corrected chi connectivity index (χ3v) is 4.31. The Hall–Kier alpha value is -0.650. The molecule has 0 aliphatic carbocycles. The molecule has 102 valence electrons. The Balaban J connectivity index is 2.52. The summed E-state index contributed by atoms with van der Waals surface area (Å²) in [5, 5.41) is 15.0. The van der Waals surface area contributed by atoms with E-state index in [0.29, 0.717) is 0 Å². The summed E-state index contributed by atoms with van der Waals surface area (Å²) in [6, 6.07) is 6.14. The van der Waals surface area contributed by atoms with Crippen LogP contribution in [0.25, 0.3) is 0 Å². The standard InChI is InChI=1S/C14H16Br2N2O/c1-8(2)18-13(12(16)7-17-18)14(19)10-6-9(3)4-5-11(10)15/h4-8,14,19H,1-3H3. The molecule has 0 saturated heterocycles. The van der Waals surface area contributed by atoms with Gasteiger partial charge in [0, 0.05) is 16.1 Å². The van der Waals surface area contributed by atoms with E-state index in [9.17, 15) is 5.11 Å². The molecular weight excluding hydrogens is 372 g/mol. The minimum Gasteiger partial charge on any atom is -0.382 e. The molecule has 2 rings (SSSR count). The summed E-state index contributed by atoms with van der Waals surface area (Å²) in [4.78, 5) is 0. The van der Waals surface area contributed by atoms with Crippen molar-refractivity contribution in [2.24, 2.45) is 0 Å². The summed E-state index contributed by atoms with van der Waals surface area (Å²) < 4.78 is 3.56. The largest absolute Gasteiger partial charge is 0.382 e. The van der Waals surface area contributed by atoms with Gasteiger partial charge in [-0.3, -0.25) is 4.68 Å². The Kier molecular flexibility index (Phi) is 4.48. The topological polar surface area (TPSA) is 38.1 Å². The Morgan fingerprint density at radius 2 is 1.89 bits per heavy atom. The van der Waals surface area contributed by atoms with Crippen LogP contribution in [-0.2, 0) is 0 Å². The Morgan fingerprint density at radius 3 is 2.53 bits per heavy atom. The zero-order valence-corrected chi connectivity index (χ0v) is 14.2. The number of aromatic nitrogens is 2. The Bertz CT molecular complexity index is 593. The summed E-state index contributed by atoms with van der Waals surface area (Å²) in [6.07, 6.45) is 1.01. The zero-order chi connectivity index (χ0) is 14.2. The lowest BCUT2D eigenvalue weighted by molar-refractivity contribution is 0.203. The minimum absolute atomic E-state index is 0.194. The second kappa shape index (κ2) is 5.77. The van der Waals surface area contributed by atoms with E-state index >= 15 is 0 Å². The van der Waals surface area contributed by atoms with E-state index in [4.69, 9.17) is 0 Å². The van der Waals surface area contributed by atoms with Crippen LogP contribution in [0.4, 0.5) is 0 Å². The van der Waals surface area contributed by atoms with Gasteiger partial charge in [-0.1, -0.05) is 33.6 Å². The second-order valence-electron chi connectivity index (χ2n) is 4.84. The third kappa shape index (κ3) is 2.93. The van der Waals surface area contributed by atoms with Crippen molar-refractivity contribution in [3.05, 3.63) is 50.2 Å². The van der Waals surface area contributed by atoms with Crippen LogP contribution in [0.5, 0.6) is 0 Å². The molecule has 2 aromatic rings. The summed E-state index contributed by atoms with van der Waals surface area (Å²) in [5.41, 5.74) is 2.74. The van der Waals surface area contributed by atoms with Crippen molar-refractivity contribution in [2.75, 3.05) is 0 Å². The van der Waals surface area contributed by atoms with Crippen molar-refractivity contribution in [2.45, 2.75) is 32.9 Å². The number of aryl methyl sites for hydroxylation is 1. The third-order valence-electron chi connectivity index (χ3n) is 2.98. The quantitative estimate of drug-likeness (QED) is 0.848. The molecule has 1 aromatic carbocycles. The summed E-state index contributed by atoms with van der Waals surface area (Å²) in [5.74, 6) is 0. The van der Waals surface area contributed by atoms with Crippen LogP contribution in [-0.4, -0.2) is 14.9 Å². The Labute approximate surface area is 129 Å². The van der Waals surface area contributed by atoms with E-state index in [1.807, 2.05) is 43.7 Å². The summed E-state index contributed by atoms with van der Waals surface area (Å²) in [7, 11) is 0. The van der Waals surface area contributed by atoms with Crippen molar-refractivity contribution >= 4 is 31.9 Å². The summed E-state index contributed by atoms with van der Waals surface area (Å²) >= 11 is 6.97. The number of rotatable bonds is 3. The molecule has 0 saturated carbocycles. The molecule has 0 amide bonds. The fourth-order valence-corrected chi connectivity index (χ4v) is 2.99. The normalized spacial score (nSPS) is 13.0. The first-order valence-corrected chi connectivity index (χ1v) is 7.67. The highest BCUT2D eigenvalue weighted by atomic mass is 79.9. The molecule has 0 radical (unpaired) electrons. The lowest BCUT2D eigenvalue weighted by Gasteiger charge is -2.18. The SMILES string of the molecule is Cc1ccc(Br)c(C(O)c2c(Br)cnn2C(C)C)c1. The molecule has 3 nitrogen and oxygen atoms in total. The van der Waals surface area contributed by atoms with E-state index < -0.39 is 6.10 Å². The van der Waals surface area contributed by atoms with E-state index in [-0.39, 0.29) is 6.04 Å². The van der Waals surface area contributed by atoms with Gasteiger partial charge in [-0.2, -0.15) is 5.10 Å². The molecule has 1 atom stereocenters. The van der Waals surface area contributed by atoms with Gasteiger partial charge in [0.15, 0.2) is 0 Å². The average Bonchev–Trinajstić information content (AvgIpc) is 2.73. The number of hydrogen-bond donors (Lipinski definition) is 1. The van der Waals surface area contributed by atoms with Crippen molar-refractivity contribution in [1.29, 1.82) is 0 Å². The predicted octanol–water partition coefficient (Wildman–Crippen LogP) is 4.38. The van der Waals surface area contributed by atoms with Gasteiger partial charge in [-0.25, -0.2) is 0 Å². The number of aliphatic hydroxyl groups is 1. The maximum absolute atomic E-state index is 10.7. The van der Waals surface area contributed by atoms with Gasteiger partial charge in [-0.05, 0) is 42.8 Å². The molecule has 1 N–H and O–H groups in total. The highest BCUT2D eigenvalue weighted by Crippen LogP contribution is 2.34. The first-order chi connectivity index (χ1) is 8.91. The van der Waals surface area contributed by atoms with Crippen LogP contribution in [0.2, 0.25) is 0 Å². The highest BCUT2D eigenvalue weighted by Gasteiger charge is 2.22. The molecule has 0 aliphatic rings. The molecular formula is C14H16Br2N2O. The molecule has 1 aromatic heterocycles. The van der Waals surface area contributed by atoms with Gasteiger partial charge in [0.25, 0.3) is 0 Å². The maximum atomic E-state index is 10.7. The number of aliphatic hydroxyl groups excluding tert-OH is 1. The van der Waals surface area contributed by atoms with E-state index in [0.717, 1.165) is 25.8 Å². The van der Waals surface area contributed by atoms with E-state index in [1.54, 1.807) is 6.20 Å². The van der Waals surface area contributed by atoms with E-state index in [2.05, 4.69) is 37.0 Å². The molecule has 0 fully saturated rings. The molecule has 1 heterocycles. The second-order valence-corrected chi connectivity index (χ2v) is 6.55. The van der Waals surface area contributed by atoms with Crippen LogP contribution in [0.15, 0.2) is 33.3 Å². The van der Waals surface area contributed by atoms with Gasteiger partial charge in [0.2, 0.25) is 0 Å². The first-order valence-electron chi connectivity index (χ1n) is 6.08. The zero-order valence-electron chi connectivity index (χ0n) is 11.1. The minimum atomic E-state index is -0.714. The summed E-state index contributed by atoms with van der Waals surface area (Å²) in [6.45, 7) is 6.10. The van der Waals surface area contributed by atoms with Gasteiger partial charge in [0.05, 0.1) is 16.4 Å².